The molecule has 0 aromatic rings. The van der Waals surface area contributed by atoms with E-state index in [4.69, 9.17) is 10.3 Å². The van der Waals surface area contributed by atoms with Gasteiger partial charge in [0.2, 0.25) is 0 Å². The normalized spacial score (nSPS) is 23.0. The maximum Gasteiger partial charge on any atom is 0.407 e. The highest BCUT2D eigenvalue weighted by Crippen LogP contribution is 2.14. The minimum absolute atomic E-state index is 0.581. The smallest absolute Gasteiger partial charge is 0.407 e. The molecule has 0 atom stereocenters. The molecule has 0 radical (unpaired) electrons. The number of hydrogen-bond acceptors (Lipinski definition) is 1. The molecule has 0 amide bonds. The van der Waals surface area contributed by atoms with E-state index in [9.17, 15) is 0 Å². The molecule has 1 aliphatic heterocycles. The first-order valence-electron chi connectivity index (χ1n) is 2.52. The molecule has 1 fully saturated rings. The zero-order valence-electron chi connectivity index (χ0n) is 5.01. The second-order valence-corrected chi connectivity index (χ2v) is 7.06. The highest BCUT2D eigenvalue weighted by Gasteiger charge is 2.49. The molecule has 1 aliphatic rings. The summed E-state index contributed by atoms with van der Waals surface area (Å²) in [4.78, 5) is 3.00. The van der Waals surface area contributed by atoms with Crippen molar-refractivity contribution in [3.63, 3.8) is 0 Å². The largest absolute Gasteiger partial charge is 0.444 e. The molecular formula is C4H8N2OSi. The summed E-state index contributed by atoms with van der Waals surface area (Å²) in [5.41, 5.74) is 8.80. The summed E-state index contributed by atoms with van der Waals surface area (Å²) in [6.07, 6.45) is 0.798. The number of ether oxygens (including phenoxy) is 1. The first kappa shape index (κ1) is 5.53. The number of hydrogen-bond donors (Lipinski definition) is 0. The SMILES string of the molecule is C[Si]1(C)COC1=[N+]=[N-]. The molecule has 0 saturated carbocycles. The van der Waals surface area contributed by atoms with Gasteiger partial charge in [-0.15, -0.1) is 4.79 Å². The summed E-state index contributed by atoms with van der Waals surface area (Å²) in [5.74, 6) is 0. The molecule has 3 nitrogen and oxygen atoms in total. The minimum Gasteiger partial charge on any atom is -0.444 e. The van der Waals surface area contributed by atoms with Crippen LogP contribution in [0.5, 0.6) is 0 Å². The van der Waals surface area contributed by atoms with Crippen molar-refractivity contribution < 1.29 is 9.53 Å². The standard InChI is InChI=1S/C4H8N2OSi/c1-8(2)3-7-4(8)6-5/h3H2,1-2H3. The highest BCUT2D eigenvalue weighted by molar-refractivity contribution is 7.06. The minimum atomic E-state index is -1.30. The van der Waals surface area contributed by atoms with Gasteiger partial charge in [0.25, 0.3) is 8.07 Å². The zero-order valence-corrected chi connectivity index (χ0v) is 6.01. The maximum absolute atomic E-state index is 8.22. The molecule has 0 aromatic heterocycles. The second-order valence-electron chi connectivity index (χ2n) is 2.58. The molecule has 0 bridgehead atoms. The Morgan fingerprint density at radius 1 is 1.75 bits per heavy atom. The van der Waals surface area contributed by atoms with Crippen molar-refractivity contribution in [2.45, 2.75) is 13.1 Å². The first-order valence-corrected chi connectivity index (χ1v) is 5.73. The van der Waals surface area contributed by atoms with E-state index in [1.807, 2.05) is 0 Å². The van der Waals surface area contributed by atoms with E-state index in [0.717, 1.165) is 6.23 Å². The van der Waals surface area contributed by atoms with Crippen LogP contribution in [-0.4, -0.2) is 24.6 Å². The van der Waals surface area contributed by atoms with Crippen LogP contribution in [0.15, 0.2) is 0 Å². The van der Waals surface area contributed by atoms with Gasteiger partial charge in [0.1, 0.15) is 6.23 Å². The molecule has 1 rings (SSSR count). The average molecular weight is 128 g/mol. The van der Waals surface area contributed by atoms with Crippen molar-refractivity contribution in [1.29, 1.82) is 0 Å². The summed E-state index contributed by atoms with van der Waals surface area (Å²) in [6, 6.07) is 0. The fourth-order valence-corrected chi connectivity index (χ4v) is 1.71. The Morgan fingerprint density at radius 3 is 2.38 bits per heavy atom. The predicted molar refractivity (Wildman–Crippen MR) is 32.1 cm³/mol. The summed E-state index contributed by atoms with van der Waals surface area (Å²) in [6.45, 7) is 4.21. The van der Waals surface area contributed by atoms with E-state index >= 15 is 0 Å². The predicted octanol–water partition coefficient (Wildman–Crippen LogP) is 0.432. The molecule has 0 unspecified atom stereocenters. The Morgan fingerprint density at radius 2 is 2.38 bits per heavy atom. The Balaban J connectivity index is 2.78. The fraction of sp³-hybridized carbons (Fsp3) is 0.750. The van der Waals surface area contributed by atoms with E-state index in [-0.39, 0.29) is 0 Å². The van der Waals surface area contributed by atoms with Crippen molar-refractivity contribution in [3.05, 3.63) is 5.53 Å². The third-order valence-corrected chi connectivity index (χ3v) is 3.51. The van der Waals surface area contributed by atoms with Gasteiger partial charge in [-0.3, -0.25) is 0 Å². The molecule has 1 saturated heterocycles. The van der Waals surface area contributed by atoms with E-state index in [2.05, 4.69) is 17.9 Å². The van der Waals surface area contributed by atoms with Gasteiger partial charge in [-0.2, -0.15) is 0 Å². The lowest BCUT2D eigenvalue weighted by molar-refractivity contribution is -0.0393. The monoisotopic (exact) mass is 128 g/mol. The number of rotatable bonds is 0. The number of nitrogens with zero attached hydrogens (tertiary/aromatic N) is 2. The second kappa shape index (κ2) is 1.43. The van der Waals surface area contributed by atoms with Crippen LogP contribution in [-0.2, 0) is 4.74 Å². The summed E-state index contributed by atoms with van der Waals surface area (Å²) in [7, 11) is -1.30. The molecule has 0 aromatic carbocycles. The quantitative estimate of drug-likeness (QED) is 0.265. The summed E-state index contributed by atoms with van der Waals surface area (Å²) in [5, 5.41) is 0. The lowest BCUT2D eigenvalue weighted by Gasteiger charge is -2.24. The van der Waals surface area contributed by atoms with E-state index in [0.29, 0.717) is 5.52 Å². The topological polar surface area (TPSA) is 45.6 Å². The Kier molecular flexibility index (Phi) is 0.992. The molecule has 1 heterocycles. The fourth-order valence-electron chi connectivity index (χ4n) is 0.590. The van der Waals surface area contributed by atoms with Crippen LogP contribution in [0.25, 0.3) is 5.53 Å². The van der Waals surface area contributed by atoms with Crippen LogP contribution in [0, 0.1) is 0 Å². The molecule has 0 spiro atoms. The van der Waals surface area contributed by atoms with Gasteiger partial charge in [-0.25, -0.2) is 0 Å². The third kappa shape index (κ3) is 0.581. The van der Waals surface area contributed by atoms with Gasteiger partial charge in [-0.05, 0) is 0 Å². The van der Waals surface area contributed by atoms with Crippen LogP contribution in [0.1, 0.15) is 0 Å². The third-order valence-electron chi connectivity index (χ3n) is 1.24. The molecule has 8 heavy (non-hydrogen) atoms. The van der Waals surface area contributed by atoms with Gasteiger partial charge in [0, 0.05) is 0 Å². The van der Waals surface area contributed by atoms with Crippen LogP contribution < -0.4 is 0 Å². The van der Waals surface area contributed by atoms with Crippen LogP contribution in [0.2, 0.25) is 13.1 Å². The Bertz CT molecular complexity index is 159. The highest BCUT2D eigenvalue weighted by atomic mass is 28.3. The van der Waals surface area contributed by atoms with Crippen LogP contribution in [0.4, 0.5) is 0 Å². The zero-order chi connectivity index (χ0) is 6.20. The van der Waals surface area contributed by atoms with E-state index in [1.165, 1.54) is 0 Å². The van der Waals surface area contributed by atoms with Crippen molar-refractivity contribution in [2.75, 3.05) is 6.23 Å². The van der Waals surface area contributed by atoms with Gasteiger partial charge in [0.05, 0.1) is 0 Å². The van der Waals surface area contributed by atoms with Crippen LogP contribution in [0.3, 0.4) is 0 Å². The van der Waals surface area contributed by atoms with Crippen molar-refractivity contribution in [2.24, 2.45) is 0 Å². The first-order chi connectivity index (χ1) is 3.67. The molecule has 44 valence electrons. The average Bonchev–Trinajstić information content (AvgIpc) is 1.66. The summed E-state index contributed by atoms with van der Waals surface area (Å²) >= 11 is 0. The Hall–Kier alpha value is -0.603. The lowest BCUT2D eigenvalue weighted by atomic mass is 11.3. The van der Waals surface area contributed by atoms with E-state index < -0.39 is 8.07 Å². The molecule has 0 aliphatic carbocycles. The van der Waals surface area contributed by atoms with Crippen molar-refractivity contribution in [3.8, 4) is 0 Å². The van der Waals surface area contributed by atoms with Crippen molar-refractivity contribution in [1.82, 2.24) is 0 Å². The van der Waals surface area contributed by atoms with E-state index in [1.54, 1.807) is 0 Å². The Labute approximate surface area is 48.9 Å². The van der Waals surface area contributed by atoms with Crippen LogP contribution >= 0.6 is 0 Å². The molecule has 4 heteroatoms. The lowest BCUT2D eigenvalue weighted by Crippen LogP contribution is -2.55. The van der Waals surface area contributed by atoms with Gasteiger partial charge < -0.3 is 10.3 Å². The molecule has 0 N–H and O–H groups in total. The van der Waals surface area contributed by atoms with Gasteiger partial charge >= 0.3 is 5.52 Å². The van der Waals surface area contributed by atoms with Crippen molar-refractivity contribution >= 4 is 13.6 Å². The maximum atomic E-state index is 8.22. The molecular weight excluding hydrogens is 120 g/mol. The van der Waals surface area contributed by atoms with Gasteiger partial charge in [0.15, 0.2) is 0 Å². The summed E-state index contributed by atoms with van der Waals surface area (Å²) < 4.78 is 4.86. The van der Waals surface area contributed by atoms with Gasteiger partial charge in [-0.1, -0.05) is 13.1 Å².